The lowest BCUT2D eigenvalue weighted by Crippen LogP contribution is -3.00. The second kappa shape index (κ2) is 9.26. The van der Waals surface area contributed by atoms with Crippen LogP contribution < -0.4 is 22.5 Å². The minimum absolute atomic E-state index is 0. The average Bonchev–Trinajstić information content (AvgIpc) is 2.65. The van der Waals surface area contributed by atoms with Crippen molar-refractivity contribution in [3.63, 3.8) is 0 Å². The molecule has 1 aliphatic carbocycles. The van der Waals surface area contributed by atoms with Crippen LogP contribution in [0.5, 0.6) is 5.75 Å². The second-order valence-corrected chi connectivity index (χ2v) is 8.00. The maximum Gasteiger partial charge on any atom is 0.340 e. The highest BCUT2D eigenvalue weighted by Gasteiger charge is 2.29. The fourth-order valence-electron chi connectivity index (χ4n) is 3.11. The first-order valence-corrected chi connectivity index (χ1v) is 9.39. The van der Waals surface area contributed by atoms with Crippen LogP contribution in [-0.4, -0.2) is 18.7 Å². The van der Waals surface area contributed by atoms with Crippen molar-refractivity contribution in [3.8, 4) is 5.75 Å². The molecule has 28 heavy (non-hydrogen) atoms. The number of esters is 1. The normalized spacial score (nSPS) is 18.9. The smallest absolute Gasteiger partial charge is 0.340 e. The fraction of sp³-hybridized carbons (Fsp3) is 0.348. The number of fused-ring (bicyclic) bond motifs is 1. The van der Waals surface area contributed by atoms with Gasteiger partial charge in [-0.2, -0.15) is 0 Å². The van der Waals surface area contributed by atoms with Crippen LogP contribution in [0, 0.1) is 5.92 Å². The highest BCUT2D eigenvalue weighted by molar-refractivity contribution is 5.90. The van der Waals surface area contributed by atoms with E-state index in [4.69, 9.17) is 9.47 Å². The summed E-state index contributed by atoms with van der Waals surface area (Å²) in [6.45, 7) is 8.71. The van der Waals surface area contributed by atoms with Crippen LogP contribution in [0.4, 0.5) is 0 Å². The fourth-order valence-corrected chi connectivity index (χ4v) is 3.11. The van der Waals surface area contributed by atoms with Crippen molar-refractivity contribution in [1.29, 1.82) is 0 Å². The third-order valence-electron chi connectivity index (χ3n) is 4.71. The number of rotatable bonds is 5. The van der Waals surface area contributed by atoms with Crippen molar-refractivity contribution in [3.05, 3.63) is 77.7 Å². The Morgan fingerprint density at radius 2 is 1.86 bits per heavy atom. The highest BCUT2D eigenvalue weighted by atomic mass is 35.5. The SMILES string of the molecule is CC(COc1ccc(C(C)(C)C)cc1)OC(=O)C1=C[NH2+]C=C2C=CC=CC21.[Cl-]. The molecular formula is C23H28ClNO3. The number of hydrogen-bond donors (Lipinski definition) is 1. The third kappa shape index (κ3) is 5.37. The number of quaternary nitrogens is 1. The molecule has 1 aromatic rings. The molecule has 0 saturated carbocycles. The van der Waals surface area contributed by atoms with E-state index >= 15 is 0 Å². The molecule has 2 atom stereocenters. The van der Waals surface area contributed by atoms with Gasteiger partial charge in [0.25, 0.3) is 0 Å². The first-order valence-electron chi connectivity index (χ1n) is 9.39. The van der Waals surface area contributed by atoms with E-state index in [9.17, 15) is 4.79 Å². The summed E-state index contributed by atoms with van der Waals surface area (Å²) in [6, 6.07) is 8.07. The molecule has 3 rings (SSSR count). The van der Waals surface area contributed by atoms with Crippen LogP contribution in [0.3, 0.4) is 0 Å². The molecule has 0 spiro atoms. The van der Waals surface area contributed by atoms with Crippen LogP contribution in [0.25, 0.3) is 0 Å². The van der Waals surface area contributed by atoms with E-state index in [1.807, 2.05) is 61.1 Å². The molecule has 0 bridgehead atoms. The molecule has 4 nitrogen and oxygen atoms in total. The first-order chi connectivity index (χ1) is 12.8. The molecule has 1 aromatic carbocycles. The summed E-state index contributed by atoms with van der Waals surface area (Å²) < 4.78 is 11.4. The standard InChI is InChI=1S/C23H27NO3.ClH/c1-16(15-26-19-11-9-18(10-12-19)23(2,3)4)27-22(25)21-14-24-13-17-7-5-6-8-20(17)21;/h5-14,16,20,24H,15H2,1-4H3;1H. The van der Waals surface area contributed by atoms with Gasteiger partial charge in [-0.25, -0.2) is 4.79 Å². The molecule has 150 valence electrons. The molecule has 2 aliphatic rings. The van der Waals surface area contributed by atoms with E-state index in [0.29, 0.717) is 12.2 Å². The molecule has 2 N–H and O–H groups in total. The van der Waals surface area contributed by atoms with Crippen molar-refractivity contribution >= 4 is 5.97 Å². The van der Waals surface area contributed by atoms with Gasteiger partial charge in [-0.05, 0) is 30.0 Å². The van der Waals surface area contributed by atoms with Crippen molar-refractivity contribution in [1.82, 2.24) is 0 Å². The van der Waals surface area contributed by atoms with Gasteiger partial charge in [-0.15, -0.1) is 0 Å². The minimum Gasteiger partial charge on any atom is -1.00 e. The number of hydrogen-bond acceptors (Lipinski definition) is 3. The Morgan fingerprint density at radius 1 is 1.14 bits per heavy atom. The largest absolute Gasteiger partial charge is 1.00 e. The highest BCUT2D eigenvalue weighted by Crippen LogP contribution is 2.28. The predicted octanol–water partition coefficient (Wildman–Crippen LogP) is 0.386. The molecule has 0 aromatic heterocycles. The summed E-state index contributed by atoms with van der Waals surface area (Å²) in [5.41, 5.74) is 3.14. The van der Waals surface area contributed by atoms with Crippen LogP contribution in [0.2, 0.25) is 0 Å². The molecule has 0 radical (unpaired) electrons. The summed E-state index contributed by atoms with van der Waals surface area (Å²) in [6.07, 6.45) is 11.5. The number of benzene rings is 1. The van der Waals surface area contributed by atoms with Crippen molar-refractivity contribution < 1.29 is 32.0 Å². The lowest BCUT2D eigenvalue weighted by molar-refractivity contribution is -0.517. The van der Waals surface area contributed by atoms with Gasteiger partial charge < -0.3 is 21.9 Å². The molecule has 0 amide bonds. The van der Waals surface area contributed by atoms with Crippen LogP contribution in [-0.2, 0) is 14.9 Å². The summed E-state index contributed by atoms with van der Waals surface area (Å²) >= 11 is 0. The molecule has 2 unspecified atom stereocenters. The topological polar surface area (TPSA) is 52.1 Å². The van der Waals surface area contributed by atoms with Gasteiger partial charge in [-0.1, -0.05) is 57.2 Å². The van der Waals surface area contributed by atoms with Gasteiger partial charge in [0.15, 0.2) is 0 Å². The molecule has 5 heteroatoms. The second-order valence-electron chi connectivity index (χ2n) is 8.00. The zero-order chi connectivity index (χ0) is 19.4. The number of ether oxygens (including phenoxy) is 2. The van der Waals surface area contributed by atoms with Crippen molar-refractivity contribution in [2.45, 2.75) is 39.2 Å². The van der Waals surface area contributed by atoms with Gasteiger partial charge in [0.05, 0.1) is 0 Å². The molecule has 0 saturated heterocycles. The Morgan fingerprint density at radius 3 is 2.54 bits per heavy atom. The number of carbonyl (C=O) groups excluding carboxylic acids is 1. The Bertz CT molecular complexity index is 813. The van der Waals surface area contributed by atoms with E-state index in [1.54, 1.807) is 0 Å². The van der Waals surface area contributed by atoms with Gasteiger partial charge in [0.1, 0.15) is 36.4 Å². The van der Waals surface area contributed by atoms with Crippen molar-refractivity contribution in [2.75, 3.05) is 6.61 Å². The average molecular weight is 402 g/mol. The lowest BCUT2D eigenvalue weighted by Gasteiger charge is -2.22. The van der Waals surface area contributed by atoms with Crippen LogP contribution in [0.15, 0.2) is 72.1 Å². The molecule has 1 heterocycles. The summed E-state index contributed by atoms with van der Waals surface area (Å²) in [5, 5.41) is 1.89. The quantitative estimate of drug-likeness (QED) is 0.726. The number of allylic oxidation sites excluding steroid dienone is 5. The monoisotopic (exact) mass is 401 g/mol. The van der Waals surface area contributed by atoms with Gasteiger partial charge >= 0.3 is 5.97 Å². The van der Waals surface area contributed by atoms with E-state index in [-0.39, 0.29) is 35.8 Å². The zero-order valence-corrected chi connectivity index (χ0v) is 17.6. The first kappa shape index (κ1) is 22.0. The Balaban J connectivity index is 0.00000280. The number of nitrogens with two attached hydrogens (primary N) is 1. The Labute approximate surface area is 173 Å². The minimum atomic E-state index is -0.335. The maximum atomic E-state index is 12.6. The molecule has 1 aliphatic heterocycles. The van der Waals surface area contributed by atoms with Gasteiger partial charge in [0.2, 0.25) is 0 Å². The van der Waals surface area contributed by atoms with Gasteiger partial charge in [-0.3, -0.25) is 5.32 Å². The van der Waals surface area contributed by atoms with Crippen molar-refractivity contribution in [2.24, 2.45) is 5.92 Å². The van der Waals surface area contributed by atoms with E-state index in [2.05, 4.69) is 32.9 Å². The molecule has 0 fully saturated rings. The maximum absolute atomic E-state index is 12.6. The lowest BCUT2D eigenvalue weighted by atomic mass is 9.87. The summed E-state index contributed by atoms with van der Waals surface area (Å²) in [5.74, 6) is 0.466. The van der Waals surface area contributed by atoms with Crippen LogP contribution >= 0.6 is 0 Å². The summed E-state index contributed by atoms with van der Waals surface area (Å²) in [7, 11) is 0. The third-order valence-corrected chi connectivity index (χ3v) is 4.71. The zero-order valence-electron chi connectivity index (χ0n) is 16.8. The molecular weight excluding hydrogens is 374 g/mol. The van der Waals surface area contributed by atoms with E-state index in [1.165, 1.54) is 5.56 Å². The van der Waals surface area contributed by atoms with Crippen LogP contribution in [0.1, 0.15) is 33.3 Å². The Kier molecular flexibility index (Phi) is 7.28. The predicted molar refractivity (Wildman–Crippen MR) is 106 cm³/mol. The summed E-state index contributed by atoms with van der Waals surface area (Å²) in [4.78, 5) is 12.6. The number of carbonyl (C=O) groups is 1. The Hall–Kier alpha value is -2.30. The van der Waals surface area contributed by atoms with Gasteiger partial charge in [0, 0.05) is 11.5 Å². The van der Waals surface area contributed by atoms with E-state index < -0.39 is 0 Å². The number of halogens is 1. The van der Waals surface area contributed by atoms with E-state index in [0.717, 1.165) is 11.3 Å².